The summed E-state index contributed by atoms with van der Waals surface area (Å²) in [6, 6.07) is 16.7. The van der Waals surface area contributed by atoms with Crippen molar-refractivity contribution in [3.05, 3.63) is 65.7 Å². The van der Waals surface area contributed by atoms with Crippen LogP contribution in [0.1, 0.15) is 29.8 Å². The van der Waals surface area contributed by atoms with Crippen LogP contribution in [0.4, 0.5) is 5.69 Å². The fourth-order valence-corrected chi connectivity index (χ4v) is 1.94. The second-order valence-electron chi connectivity index (χ2n) is 5.36. The number of rotatable bonds is 5. The predicted molar refractivity (Wildman–Crippen MR) is 87.5 cm³/mol. The van der Waals surface area contributed by atoms with Crippen molar-refractivity contribution in [2.24, 2.45) is 5.92 Å². The van der Waals surface area contributed by atoms with Crippen molar-refractivity contribution in [1.29, 1.82) is 0 Å². The summed E-state index contributed by atoms with van der Waals surface area (Å²) in [6.07, 6.45) is 0. The van der Waals surface area contributed by atoms with Crippen LogP contribution in [0.25, 0.3) is 0 Å². The van der Waals surface area contributed by atoms with Crippen LogP contribution < -0.4 is 10.6 Å². The lowest BCUT2D eigenvalue weighted by atomic mass is 10.1. The van der Waals surface area contributed by atoms with Crippen molar-refractivity contribution in [3.63, 3.8) is 0 Å². The van der Waals surface area contributed by atoms with Crippen molar-refractivity contribution in [3.8, 4) is 0 Å². The maximum atomic E-state index is 12.3. The fraction of sp³-hybridized carbons (Fsp3) is 0.222. The van der Waals surface area contributed by atoms with E-state index in [9.17, 15) is 9.59 Å². The van der Waals surface area contributed by atoms with Gasteiger partial charge in [-0.05, 0) is 17.7 Å². The van der Waals surface area contributed by atoms with Gasteiger partial charge in [-0.25, -0.2) is 0 Å². The number of anilines is 1. The summed E-state index contributed by atoms with van der Waals surface area (Å²) in [5.41, 5.74) is 2.03. The number of hydrogen-bond acceptors (Lipinski definition) is 2. The lowest BCUT2D eigenvalue weighted by molar-refractivity contribution is -0.118. The summed E-state index contributed by atoms with van der Waals surface area (Å²) in [4.78, 5) is 24.2. The van der Waals surface area contributed by atoms with E-state index in [-0.39, 0.29) is 17.7 Å². The molecule has 0 aliphatic rings. The Morgan fingerprint density at radius 3 is 2.27 bits per heavy atom. The van der Waals surface area contributed by atoms with Crippen LogP contribution in [0.3, 0.4) is 0 Å². The van der Waals surface area contributed by atoms with Crippen molar-refractivity contribution >= 4 is 17.5 Å². The molecule has 0 heterocycles. The van der Waals surface area contributed by atoms with Crippen LogP contribution in [0, 0.1) is 5.92 Å². The van der Waals surface area contributed by atoms with E-state index in [1.165, 1.54) is 0 Å². The molecule has 0 aromatic heterocycles. The van der Waals surface area contributed by atoms with Gasteiger partial charge in [0.2, 0.25) is 5.91 Å². The van der Waals surface area contributed by atoms with Gasteiger partial charge in [-0.1, -0.05) is 56.3 Å². The van der Waals surface area contributed by atoms with Crippen LogP contribution in [0.5, 0.6) is 0 Å². The molecule has 4 nitrogen and oxygen atoms in total. The number of carbonyl (C=O) groups excluding carboxylic acids is 2. The third kappa shape index (κ3) is 4.19. The molecule has 0 bridgehead atoms. The zero-order chi connectivity index (χ0) is 15.9. The normalized spacial score (nSPS) is 10.3. The van der Waals surface area contributed by atoms with E-state index >= 15 is 0 Å². The maximum absolute atomic E-state index is 12.3. The molecule has 0 aliphatic carbocycles. The Morgan fingerprint density at radius 1 is 0.955 bits per heavy atom. The Balaban J connectivity index is 2.07. The third-order valence-corrected chi connectivity index (χ3v) is 3.25. The molecule has 0 fully saturated rings. The van der Waals surface area contributed by atoms with E-state index in [4.69, 9.17) is 0 Å². The molecule has 0 aliphatic heterocycles. The van der Waals surface area contributed by atoms with Gasteiger partial charge in [-0.15, -0.1) is 0 Å². The van der Waals surface area contributed by atoms with Crippen LogP contribution in [0.2, 0.25) is 0 Å². The minimum absolute atomic E-state index is 0.108. The van der Waals surface area contributed by atoms with Crippen molar-refractivity contribution in [1.82, 2.24) is 5.32 Å². The second-order valence-corrected chi connectivity index (χ2v) is 5.36. The molecule has 0 atom stereocenters. The smallest absolute Gasteiger partial charge is 0.253 e. The molecule has 0 spiro atoms. The van der Waals surface area contributed by atoms with E-state index in [1.807, 2.05) is 44.2 Å². The first kappa shape index (κ1) is 15.8. The number of hydrogen-bond donors (Lipinski definition) is 2. The van der Waals surface area contributed by atoms with Gasteiger partial charge in [0.25, 0.3) is 5.91 Å². The molecule has 2 N–H and O–H groups in total. The van der Waals surface area contributed by atoms with Crippen LogP contribution >= 0.6 is 0 Å². The molecule has 114 valence electrons. The molecule has 2 rings (SSSR count). The van der Waals surface area contributed by atoms with Gasteiger partial charge >= 0.3 is 0 Å². The first-order valence-electron chi connectivity index (χ1n) is 7.30. The first-order chi connectivity index (χ1) is 10.6. The SMILES string of the molecule is CC(C)C(=O)Nc1ccccc1C(=O)NCc1ccccc1. The van der Waals surface area contributed by atoms with E-state index in [1.54, 1.807) is 24.3 Å². The first-order valence-corrected chi connectivity index (χ1v) is 7.30. The average Bonchev–Trinajstić information content (AvgIpc) is 2.54. The second kappa shape index (κ2) is 7.41. The van der Waals surface area contributed by atoms with E-state index in [0.717, 1.165) is 5.56 Å². The zero-order valence-corrected chi connectivity index (χ0v) is 12.8. The summed E-state index contributed by atoms with van der Waals surface area (Å²) in [5, 5.41) is 5.66. The van der Waals surface area contributed by atoms with Gasteiger partial charge in [0, 0.05) is 12.5 Å². The zero-order valence-electron chi connectivity index (χ0n) is 12.8. The Morgan fingerprint density at radius 2 is 1.59 bits per heavy atom. The molecule has 0 saturated carbocycles. The van der Waals surface area contributed by atoms with Crippen LogP contribution in [0.15, 0.2) is 54.6 Å². The van der Waals surface area contributed by atoms with Gasteiger partial charge in [0.1, 0.15) is 0 Å². The van der Waals surface area contributed by atoms with Gasteiger partial charge in [0.15, 0.2) is 0 Å². The molecule has 0 saturated heterocycles. The number of nitrogens with one attached hydrogen (secondary N) is 2. The molecule has 2 amide bonds. The molecular formula is C18H20N2O2. The van der Waals surface area contributed by atoms with Crippen LogP contribution in [-0.4, -0.2) is 11.8 Å². The Bertz CT molecular complexity index is 651. The highest BCUT2D eigenvalue weighted by molar-refractivity contribution is 6.04. The van der Waals surface area contributed by atoms with E-state index < -0.39 is 0 Å². The Labute approximate surface area is 130 Å². The highest BCUT2D eigenvalue weighted by Gasteiger charge is 2.14. The minimum Gasteiger partial charge on any atom is -0.348 e. The van der Waals surface area contributed by atoms with E-state index in [2.05, 4.69) is 10.6 Å². The maximum Gasteiger partial charge on any atom is 0.253 e. The molecule has 4 heteroatoms. The highest BCUT2D eigenvalue weighted by atomic mass is 16.2. The van der Waals surface area contributed by atoms with Gasteiger partial charge < -0.3 is 10.6 Å². The van der Waals surface area contributed by atoms with Gasteiger partial charge in [-0.3, -0.25) is 9.59 Å². The Kier molecular flexibility index (Phi) is 5.31. The number of benzene rings is 2. The standard InChI is InChI=1S/C18H20N2O2/c1-13(2)17(21)20-16-11-7-6-10-15(16)18(22)19-12-14-8-4-3-5-9-14/h3-11,13H,12H2,1-2H3,(H,19,22)(H,20,21). The third-order valence-electron chi connectivity index (χ3n) is 3.25. The van der Waals surface area contributed by atoms with Gasteiger partial charge in [0.05, 0.1) is 11.3 Å². The molecule has 2 aromatic carbocycles. The molecule has 2 aromatic rings. The van der Waals surface area contributed by atoms with Gasteiger partial charge in [-0.2, -0.15) is 0 Å². The average molecular weight is 296 g/mol. The summed E-state index contributed by atoms with van der Waals surface area (Å²) in [7, 11) is 0. The topological polar surface area (TPSA) is 58.2 Å². The summed E-state index contributed by atoms with van der Waals surface area (Å²) < 4.78 is 0. The number of amides is 2. The lowest BCUT2D eigenvalue weighted by Gasteiger charge is -2.12. The number of para-hydroxylation sites is 1. The highest BCUT2D eigenvalue weighted by Crippen LogP contribution is 2.16. The minimum atomic E-state index is -0.205. The summed E-state index contributed by atoms with van der Waals surface area (Å²) >= 11 is 0. The lowest BCUT2D eigenvalue weighted by Crippen LogP contribution is -2.25. The fourth-order valence-electron chi connectivity index (χ4n) is 1.94. The van der Waals surface area contributed by atoms with Crippen molar-refractivity contribution < 1.29 is 9.59 Å². The van der Waals surface area contributed by atoms with Crippen LogP contribution in [-0.2, 0) is 11.3 Å². The molecule has 0 radical (unpaired) electrons. The summed E-state index contributed by atoms with van der Waals surface area (Å²) in [5.74, 6) is -0.452. The molecule has 0 unspecified atom stereocenters. The summed E-state index contributed by atoms with van der Waals surface area (Å²) in [6.45, 7) is 4.08. The predicted octanol–water partition coefficient (Wildman–Crippen LogP) is 3.21. The molecule has 22 heavy (non-hydrogen) atoms. The van der Waals surface area contributed by atoms with E-state index in [0.29, 0.717) is 17.8 Å². The largest absolute Gasteiger partial charge is 0.348 e. The monoisotopic (exact) mass is 296 g/mol. The van der Waals surface area contributed by atoms with Crippen molar-refractivity contribution in [2.75, 3.05) is 5.32 Å². The number of carbonyl (C=O) groups is 2. The molecular weight excluding hydrogens is 276 g/mol. The Hall–Kier alpha value is -2.62. The van der Waals surface area contributed by atoms with Crippen molar-refractivity contribution in [2.45, 2.75) is 20.4 Å². The quantitative estimate of drug-likeness (QED) is 0.890.